The van der Waals surface area contributed by atoms with Gasteiger partial charge in [-0.2, -0.15) is 0 Å². The van der Waals surface area contributed by atoms with Crippen molar-refractivity contribution in [2.24, 2.45) is 11.3 Å². The van der Waals surface area contributed by atoms with E-state index in [1.54, 1.807) is 6.07 Å². The van der Waals surface area contributed by atoms with Crippen LogP contribution in [-0.2, 0) is 4.74 Å². The first-order chi connectivity index (χ1) is 12.1. The number of aromatic hydroxyl groups is 1. The maximum Gasteiger partial charge on any atom is 0.160 e. The van der Waals surface area contributed by atoms with E-state index in [1.165, 1.54) is 0 Å². The third-order valence-corrected chi connectivity index (χ3v) is 5.62. The Labute approximate surface area is 147 Å². The molecule has 0 radical (unpaired) electrons. The number of fused-ring (bicyclic) bond motifs is 1. The highest BCUT2D eigenvalue weighted by molar-refractivity contribution is 5.68. The molecule has 1 aliphatic heterocycles. The van der Waals surface area contributed by atoms with E-state index in [-0.39, 0.29) is 11.2 Å². The average Bonchev–Trinajstić information content (AvgIpc) is 3.37. The molecule has 1 aromatic heterocycles. The highest BCUT2D eigenvalue weighted by Gasteiger charge is 2.61. The van der Waals surface area contributed by atoms with Crippen molar-refractivity contribution in [3.05, 3.63) is 42.5 Å². The molecule has 2 heterocycles. The van der Waals surface area contributed by atoms with E-state index in [9.17, 15) is 10.2 Å². The summed E-state index contributed by atoms with van der Waals surface area (Å²) in [4.78, 5) is 7.03. The van der Waals surface area contributed by atoms with Gasteiger partial charge in [-0.15, -0.1) is 0 Å². The summed E-state index contributed by atoms with van der Waals surface area (Å²) in [5.74, 6) is 1.62. The molecule has 2 N–H and O–H groups in total. The number of phenolic OH excluding ortho intramolecular Hbond substituents is 1. The number of hydrogen-bond donors (Lipinski definition) is 2. The molecule has 4 rings (SSSR count). The second kappa shape index (κ2) is 6.32. The van der Waals surface area contributed by atoms with E-state index in [2.05, 4.69) is 4.90 Å². The fourth-order valence-corrected chi connectivity index (χ4v) is 4.05. The Bertz CT molecular complexity index is 766. The number of ether oxygens (including phenoxy) is 1. The molecular weight excluding hydrogens is 316 g/mol. The van der Waals surface area contributed by atoms with Crippen molar-refractivity contribution in [1.82, 2.24) is 4.98 Å². The van der Waals surface area contributed by atoms with E-state index in [4.69, 9.17) is 9.72 Å². The zero-order valence-corrected chi connectivity index (χ0v) is 14.4. The second-order valence-corrected chi connectivity index (χ2v) is 7.04. The molecule has 0 spiro atoms. The number of aromatic nitrogens is 1. The minimum absolute atomic E-state index is 0.0538. The van der Waals surface area contributed by atoms with E-state index < -0.39 is 6.29 Å². The lowest BCUT2D eigenvalue weighted by atomic mass is 9.94. The predicted molar refractivity (Wildman–Crippen MR) is 96.3 cm³/mol. The van der Waals surface area contributed by atoms with Gasteiger partial charge in [0, 0.05) is 30.7 Å². The summed E-state index contributed by atoms with van der Waals surface area (Å²) in [7, 11) is 0. The van der Waals surface area contributed by atoms with Crippen LogP contribution in [0.15, 0.2) is 42.5 Å². The fraction of sp³-hybridized carbons (Fsp3) is 0.450. The summed E-state index contributed by atoms with van der Waals surface area (Å²) < 4.78 is 5.45. The molecule has 5 heteroatoms. The summed E-state index contributed by atoms with van der Waals surface area (Å²) >= 11 is 0. The van der Waals surface area contributed by atoms with E-state index in [0.29, 0.717) is 12.5 Å². The van der Waals surface area contributed by atoms with Crippen LogP contribution in [0, 0.1) is 11.3 Å². The SMILES string of the molecule is CCOC(O)[C@@]12CCN(c3cccc(-c4ccccc4O)n3)C[C@@H]1C2. The molecule has 132 valence electrons. The summed E-state index contributed by atoms with van der Waals surface area (Å²) in [5, 5.41) is 20.3. The van der Waals surface area contributed by atoms with Gasteiger partial charge in [-0.1, -0.05) is 18.2 Å². The van der Waals surface area contributed by atoms with Gasteiger partial charge in [0.15, 0.2) is 6.29 Å². The number of nitrogens with zero attached hydrogens (tertiary/aromatic N) is 2. The van der Waals surface area contributed by atoms with Crippen LogP contribution in [0.4, 0.5) is 5.82 Å². The van der Waals surface area contributed by atoms with Crippen molar-refractivity contribution in [3.63, 3.8) is 0 Å². The van der Waals surface area contributed by atoms with Crippen LogP contribution in [0.2, 0.25) is 0 Å². The zero-order chi connectivity index (χ0) is 17.4. The number of aliphatic hydroxyl groups excluding tert-OH is 1. The first-order valence-corrected chi connectivity index (χ1v) is 8.94. The van der Waals surface area contributed by atoms with Gasteiger partial charge in [-0.25, -0.2) is 4.98 Å². The van der Waals surface area contributed by atoms with Gasteiger partial charge in [0.1, 0.15) is 11.6 Å². The summed E-state index contributed by atoms with van der Waals surface area (Å²) in [6.45, 7) is 4.21. The Kier molecular flexibility index (Phi) is 4.13. The number of rotatable bonds is 5. The molecule has 1 aromatic carbocycles. The Hall–Kier alpha value is -2.11. The summed E-state index contributed by atoms with van der Waals surface area (Å²) in [5.41, 5.74) is 1.47. The topological polar surface area (TPSA) is 65.8 Å². The average molecular weight is 340 g/mol. The maximum atomic E-state index is 10.3. The lowest BCUT2D eigenvalue weighted by molar-refractivity contribution is -0.147. The van der Waals surface area contributed by atoms with Crippen molar-refractivity contribution in [3.8, 4) is 17.0 Å². The number of aliphatic hydroxyl groups is 1. The van der Waals surface area contributed by atoms with Crippen molar-refractivity contribution in [1.29, 1.82) is 0 Å². The monoisotopic (exact) mass is 340 g/mol. The number of pyridine rings is 1. The van der Waals surface area contributed by atoms with Gasteiger partial charge in [-0.3, -0.25) is 0 Å². The third kappa shape index (κ3) is 2.87. The summed E-state index contributed by atoms with van der Waals surface area (Å²) in [6, 6.07) is 13.2. The van der Waals surface area contributed by atoms with E-state index in [1.807, 2.05) is 43.3 Å². The Morgan fingerprint density at radius 2 is 2.12 bits per heavy atom. The molecule has 2 aliphatic rings. The molecule has 0 bridgehead atoms. The van der Waals surface area contributed by atoms with Crippen LogP contribution in [0.1, 0.15) is 19.8 Å². The molecular formula is C20H24N2O3. The van der Waals surface area contributed by atoms with Gasteiger partial charge in [0.2, 0.25) is 0 Å². The van der Waals surface area contributed by atoms with Crippen LogP contribution in [0.25, 0.3) is 11.3 Å². The maximum absolute atomic E-state index is 10.3. The lowest BCUT2D eigenvalue weighted by Crippen LogP contribution is -2.40. The smallest absolute Gasteiger partial charge is 0.160 e. The van der Waals surface area contributed by atoms with Gasteiger partial charge in [0.25, 0.3) is 0 Å². The number of benzene rings is 1. The van der Waals surface area contributed by atoms with Crippen LogP contribution in [0.5, 0.6) is 5.75 Å². The molecule has 5 nitrogen and oxygen atoms in total. The summed E-state index contributed by atoms with van der Waals surface area (Å²) in [6.07, 6.45) is 1.29. The van der Waals surface area contributed by atoms with Gasteiger partial charge in [-0.05, 0) is 49.9 Å². The number of piperidine rings is 1. The first kappa shape index (κ1) is 16.4. The molecule has 2 aromatic rings. The largest absolute Gasteiger partial charge is 0.507 e. The Morgan fingerprint density at radius 1 is 1.28 bits per heavy atom. The minimum atomic E-state index is -0.648. The number of phenols is 1. The van der Waals surface area contributed by atoms with Crippen LogP contribution in [0.3, 0.4) is 0 Å². The molecule has 1 unspecified atom stereocenters. The fourth-order valence-electron chi connectivity index (χ4n) is 4.05. The van der Waals surface area contributed by atoms with Crippen molar-refractivity contribution in [2.75, 3.05) is 24.6 Å². The highest BCUT2D eigenvalue weighted by Crippen LogP contribution is 2.60. The van der Waals surface area contributed by atoms with Crippen molar-refractivity contribution >= 4 is 5.82 Å². The second-order valence-electron chi connectivity index (χ2n) is 7.04. The predicted octanol–water partition coefficient (Wildman–Crippen LogP) is 3.03. The lowest BCUT2D eigenvalue weighted by Gasteiger charge is -2.34. The number of hydrogen-bond acceptors (Lipinski definition) is 5. The van der Waals surface area contributed by atoms with Crippen molar-refractivity contribution in [2.45, 2.75) is 26.1 Å². The van der Waals surface area contributed by atoms with E-state index in [0.717, 1.165) is 43.0 Å². The molecule has 3 atom stereocenters. The molecule has 0 amide bonds. The van der Waals surface area contributed by atoms with Crippen LogP contribution in [-0.4, -0.2) is 41.2 Å². The molecule has 1 saturated heterocycles. The van der Waals surface area contributed by atoms with Gasteiger partial charge < -0.3 is 19.8 Å². The molecule has 1 aliphatic carbocycles. The number of para-hydroxylation sites is 1. The molecule has 2 fully saturated rings. The standard InChI is InChI=1S/C20H24N2O3/c1-2-25-19(24)20-10-11-22(13-14(20)12-20)18-9-5-7-16(21-18)15-6-3-4-8-17(15)23/h3-9,14,19,23-24H,2,10-13H2,1H3/t14-,19?,20+/m0/s1. The normalized spacial score (nSPS) is 26.2. The van der Waals surface area contributed by atoms with Gasteiger partial charge in [0.05, 0.1) is 5.69 Å². The van der Waals surface area contributed by atoms with E-state index >= 15 is 0 Å². The number of anilines is 1. The van der Waals surface area contributed by atoms with Crippen molar-refractivity contribution < 1.29 is 14.9 Å². The zero-order valence-electron chi connectivity index (χ0n) is 14.4. The van der Waals surface area contributed by atoms with Crippen LogP contribution < -0.4 is 4.90 Å². The molecule has 1 saturated carbocycles. The Morgan fingerprint density at radius 3 is 2.88 bits per heavy atom. The van der Waals surface area contributed by atoms with Gasteiger partial charge >= 0.3 is 0 Å². The highest BCUT2D eigenvalue weighted by atomic mass is 16.6. The third-order valence-electron chi connectivity index (χ3n) is 5.62. The first-order valence-electron chi connectivity index (χ1n) is 8.94. The minimum Gasteiger partial charge on any atom is -0.507 e. The quantitative estimate of drug-likeness (QED) is 0.819. The Balaban J connectivity index is 1.51. The van der Waals surface area contributed by atoms with Crippen LogP contribution >= 0.6 is 0 Å². The molecule has 25 heavy (non-hydrogen) atoms.